The number of hydrogen-bond donors (Lipinski definition) is 1. The van der Waals surface area contributed by atoms with Gasteiger partial charge in [0.25, 0.3) is 5.91 Å². The molecule has 0 bridgehead atoms. The molecule has 0 saturated carbocycles. The van der Waals surface area contributed by atoms with Crippen molar-refractivity contribution in [2.24, 2.45) is 0 Å². The van der Waals surface area contributed by atoms with Crippen LogP contribution in [0.5, 0.6) is 5.75 Å². The summed E-state index contributed by atoms with van der Waals surface area (Å²) in [6.07, 6.45) is 0.293. The number of sulfonamides is 1. The molecule has 9 nitrogen and oxygen atoms in total. The van der Waals surface area contributed by atoms with Crippen LogP contribution in [0, 0.1) is 0 Å². The van der Waals surface area contributed by atoms with Gasteiger partial charge in [-0.15, -0.1) is 0 Å². The number of carbonyl (C=O) groups excluding carboxylic acids is 1. The van der Waals surface area contributed by atoms with Crippen LogP contribution in [0.4, 0.5) is 0 Å². The molecule has 0 radical (unpaired) electrons. The average Bonchev–Trinajstić information content (AvgIpc) is 2.87. The molecule has 1 atom stereocenters. The van der Waals surface area contributed by atoms with E-state index in [-0.39, 0.29) is 11.4 Å². The number of methoxy groups -OCH3 is 1. The number of amides is 1. The summed E-state index contributed by atoms with van der Waals surface area (Å²) in [6, 6.07) is 14.4. The summed E-state index contributed by atoms with van der Waals surface area (Å²) >= 11 is 0. The molecule has 0 spiro atoms. The maximum atomic E-state index is 14.0. The summed E-state index contributed by atoms with van der Waals surface area (Å²) in [5.74, 6) is 0.0370. The van der Waals surface area contributed by atoms with Gasteiger partial charge in [-0.25, -0.2) is 13.9 Å². The molecule has 10 heteroatoms. The quantitative estimate of drug-likeness (QED) is 0.456. The van der Waals surface area contributed by atoms with Crippen LogP contribution < -0.4 is 10.2 Å². The molecule has 36 heavy (non-hydrogen) atoms. The third kappa shape index (κ3) is 8.01. The Bertz CT molecular complexity index is 1070. The number of benzene rings is 2. The van der Waals surface area contributed by atoms with Gasteiger partial charge in [-0.3, -0.25) is 14.5 Å². The minimum atomic E-state index is -4.06. The van der Waals surface area contributed by atoms with Crippen LogP contribution in [0.2, 0.25) is 0 Å². The second-order valence-electron chi connectivity index (χ2n) is 9.65. The molecule has 1 aliphatic rings. The zero-order chi connectivity index (χ0) is 26.2. The van der Waals surface area contributed by atoms with Gasteiger partial charge in [0.05, 0.1) is 30.8 Å². The Labute approximate surface area is 214 Å². The van der Waals surface area contributed by atoms with Crippen molar-refractivity contribution < 1.29 is 27.5 Å². The number of carbonyl (C=O) groups is 1. The minimum absolute atomic E-state index is 0.0336. The van der Waals surface area contributed by atoms with Gasteiger partial charge in [0.15, 0.2) is 0 Å². The SMILES string of the molecule is COc1ccc(S(=O)(=O)N(Cc2ccccc2)C(CCN2CCOCC2)C(=O)NOC(C)(C)C)cc1. The summed E-state index contributed by atoms with van der Waals surface area (Å²) in [6.45, 7) is 8.70. The number of nitrogens with one attached hydrogen (secondary N) is 1. The highest BCUT2D eigenvalue weighted by atomic mass is 32.2. The van der Waals surface area contributed by atoms with Crippen molar-refractivity contribution >= 4 is 15.9 Å². The number of ether oxygens (including phenoxy) is 2. The molecular weight excluding hydrogens is 482 g/mol. The maximum Gasteiger partial charge on any atom is 0.262 e. The molecule has 1 heterocycles. The first-order chi connectivity index (χ1) is 17.1. The van der Waals surface area contributed by atoms with Crippen molar-refractivity contribution in [3.05, 3.63) is 60.2 Å². The second kappa shape index (κ2) is 12.6. The van der Waals surface area contributed by atoms with Crippen LogP contribution in [-0.2, 0) is 30.9 Å². The highest BCUT2D eigenvalue weighted by Crippen LogP contribution is 2.25. The van der Waals surface area contributed by atoms with Crippen LogP contribution in [0.1, 0.15) is 32.8 Å². The summed E-state index contributed by atoms with van der Waals surface area (Å²) in [5.41, 5.74) is 2.65. The largest absolute Gasteiger partial charge is 0.497 e. The second-order valence-corrected chi connectivity index (χ2v) is 11.5. The molecular formula is C26H37N3O6S. The zero-order valence-electron chi connectivity index (χ0n) is 21.5. The van der Waals surface area contributed by atoms with Crippen LogP contribution in [0.15, 0.2) is 59.5 Å². The lowest BCUT2D eigenvalue weighted by atomic mass is 10.1. The standard InChI is InChI=1S/C26H37N3O6S/c1-26(2,3)35-27-25(30)24(14-15-28-16-18-34-19-17-28)29(20-21-8-6-5-7-9-21)36(31,32)23-12-10-22(33-4)11-13-23/h5-13,24H,14-20H2,1-4H3,(H,27,30). The van der Waals surface area contributed by atoms with E-state index in [1.165, 1.54) is 23.5 Å². The zero-order valence-corrected chi connectivity index (χ0v) is 22.3. The highest BCUT2D eigenvalue weighted by molar-refractivity contribution is 7.89. The molecule has 1 saturated heterocycles. The van der Waals surface area contributed by atoms with Gasteiger partial charge in [-0.2, -0.15) is 4.31 Å². The van der Waals surface area contributed by atoms with E-state index >= 15 is 0 Å². The first kappa shape index (κ1) is 28.1. The average molecular weight is 520 g/mol. The van der Waals surface area contributed by atoms with Gasteiger partial charge in [0.2, 0.25) is 10.0 Å². The number of nitrogens with zero attached hydrogens (tertiary/aromatic N) is 2. The van der Waals surface area contributed by atoms with E-state index in [1.807, 2.05) is 51.1 Å². The molecule has 198 valence electrons. The Morgan fingerprint density at radius 2 is 1.72 bits per heavy atom. The fourth-order valence-electron chi connectivity index (χ4n) is 3.82. The Kier molecular flexibility index (Phi) is 9.86. The third-order valence-electron chi connectivity index (χ3n) is 5.78. The number of morpholine rings is 1. The summed E-state index contributed by atoms with van der Waals surface area (Å²) in [5, 5.41) is 0. The van der Waals surface area contributed by atoms with E-state index in [0.29, 0.717) is 31.9 Å². The predicted molar refractivity (Wildman–Crippen MR) is 137 cm³/mol. The van der Waals surface area contributed by atoms with Gasteiger partial charge in [-0.05, 0) is 57.0 Å². The van der Waals surface area contributed by atoms with Crippen LogP contribution >= 0.6 is 0 Å². The van der Waals surface area contributed by atoms with Gasteiger partial charge in [0, 0.05) is 26.2 Å². The lowest BCUT2D eigenvalue weighted by molar-refractivity contribution is -0.150. The summed E-state index contributed by atoms with van der Waals surface area (Å²) in [7, 11) is -2.54. The molecule has 0 aliphatic carbocycles. The molecule has 3 rings (SSSR count). The van der Waals surface area contributed by atoms with Crippen molar-refractivity contribution in [1.82, 2.24) is 14.7 Å². The number of hydroxylamine groups is 1. The van der Waals surface area contributed by atoms with E-state index < -0.39 is 27.6 Å². The molecule has 1 amide bonds. The number of hydrogen-bond acceptors (Lipinski definition) is 7. The molecule has 1 N–H and O–H groups in total. The van der Waals surface area contributed by atoms with E-state index in [1.54, 1.807) is 12.1 Å². The van der Waals surface area contributed by atoms with Crippen LogP contribution in [-0.4, -0.2) is 75.1 Å². The van der Waals surface area contributed by atoms with Crippen LogP contribution in [0.25, 0.3) is 0 Å². The van der Waals surface area contributed by atoms with Crippen molar-refractivity contribution in [3.8, 4) is 5.75 Å². The molecule has 2 aromatic rings. The maximum absolute atomic E-state index is 14.0. The van der Waals surface area contributed by atoms with Crippen molar-refractivity contribution in [1.29, 1.82) is 0 Å². The normalized spacial score (nSPS) is 16.0. The fraction of sp³-hybridized carbons (Fsp3) is 0.500. The Hall–Kier alpha value is -2.50. The van der Waals surface area contributed by atoms with Gasteiger partial charge in [0.1, 0.15) is 11.8 Å². The van der Waals surface area contributed by atoms with E-state index in [9.17, 15) is 13.2 Å². The lowest BCUT2D eigenvalue weighted by Crippen LogP contribution is -2.52. The van der Waals surface area contributed by atoms with E-state index in [4.69, 9.17) is 14.3 Å². The molecule has 1 aliphatic heterocycles. The smallest absolute Gasteiger partial charge is 0.262 e. The Morgan fingerprint density at radius 3 is 2.31 bits per heavy atom. The first-order valence-corrected chi connectivity index (χ1v) is 13.5. The Balaban J connectivity index is 1.97. The van der Waals surface area contributed by atoms with Crippen molar-refractivity contribution in [3.63, 3.8) is 0 Å². The Morgan fingerprint density at radius 1 is 1.08 bits per heavy atom. The third-order valence-corrected chi connectivity index (χ3v) is 7.65. The highest BCUT2D eigenvalue weighted by Gasteiger charge is 2.37. The number of rotatable bonds is 11. The molecule has 0 aromatic heterocycles. The monoisotopic (exact) mass is 519 g/mol. The molecule has 1 unspecified atom stereocenters. The lowest BCUT2D eigenvalue weighted by Gasteiger charge is -2.33. The minimum Gasteiger partial charge on any atom is -0.497 e. The van der Waals surface area contributed by atoms with Crippen molar-refractivity contribution in [2.45, 2.75) is 50.3 Å². The van der Waals surface area contributed by atoms with Crippen molar-refractivity contribution in [2.75, 3.05) is 40.0 Å². The topological polar surface area (TPSA) is 97.4 Å². The summed E-state index contributed by atoms with van der Waals surface area (Å²) in [4.78, 5) is 21.3. The molecule has 2 aromatic carbocycles. The van der Waals surface area contributed by atoms with Gasteiger partial charge < -0.3 is 9.47 Å². The fourth-order valence-corrected chi connectivity index (χ4v) is 5.42. The summed E-state index contributed by atoms with van der Waals surface area (Å²) < 4.78 is 39.8. The first-order valence-electron chi connectivity index (χ1n) is 12.1. The van der Waals surface area contributed by atoms with E-state index in [2.05, 4.69) is 10.4 Å². The van der Waals surface area contributed by atoms with E-state index in [0.717, 1.165) is 18.7 Å². The van der Waals surface area contributed by atoms with Gasteiger partial charge >= 0.3 is 0 Å². The predicted octanol–water partition coefficient (Wildman–Crippen LogP) is 2.82. The van der Waals surface area contributed by atoms with Gasteiger partial charge in [-0.1, -0.05) is 30.3 Å². The molecule has 1 fully saturated rings. The van der Waals surface area contributed by atoms with Crippen LogP contribution in [0.3, 0.4) is 0 Å².